The van der Waals surface area contributed by atoms with Gasteiger partial charge in [0.2, 0.25) is 0 Å². The zero-order chi connectivity index (χ0) is 32.0. The molecule has 0 saturated carbocycles. The Bertz CT molecular complexity index is 1740. The van der Waals surface area contributed by atoms with Gasteiger partial charge in [0.15, 0.2) is 0 Å². The summed E-state index contributed by atoms with van der Waals surface area (Å²) in [4.78, 5) is 26.1. The van der Waals surface area contributed by atoms with Crippen LogP contribution in [0.25, 0.3) is 11.3 Å². The van der Waals surface area contributed by atoms with Gasteiger partial charge in [-0.05, 0) is 83.3 Å². The summed E-state index contributed by atoms with van der Waals surface area (Å²) in [5.41, 5.74) is 3.29. The van der Waals surface area contributed by atoms with Gasteiger partial charge in [-0.25, -0.2) is 14.4 Å². The van der Waals surface area contributed by atoms with E-state index in [0.29, 0.717) is 23.6 Å². The van der Waals surface area contributed by atoms with Crippen molar-refractivity contribution in [1.29, 1.82) is 0 Å². The maximum atomic E-state index is 13.8. The molecule has 45 heavy (non-hydrogen) atoms. The molecular weight excluding hydrogens is 571 g/mol. The van der Waals surface area contributed by atoms with Crippen LogP contribution in [0, 0.1) is 17.2 Å². The third kappa shape index (κ3) is 7.80. The van der Waals surface area contributed by atoms with Gasteiger partial charge < -0.3 is 19.9 Å². The SMILES string of the molecule is COc1ccc(CNc2cccc(-c3ccc(Oc4nccc(C(c5ccc(F)cc5)C(C(=O)O)C(C)(C)C)n4)cc3)n2)cc1. The van der Waals surface area contributed by atoms with Gasteiger partial charge in [-0.3, -0.25) is 4.79 Å². The molecule has 2 atom stereocenters. The highest BCUT2D eigenvalue weighted by Gasteiger charge is 2.40. The van der Waals surface area contributed by atoms with Crippen molar-refractivity contribution >= 4 is 11.8 Å². The minimum atomic E-state index is -0.970. The summed E-state index contributed by atoms with van der Waals surface area (Å²) in [5, 5.41) is 13.6. The molecule has 0 radical (unpaired) electrons. The molecule has 0 saturated heterocycles. The normalized spacial score (nSPS) is 12.6. The van der Waals surface area contributed by atoms with Gasteiger partial charge in [0.1, 0.15) is 23.1 Å². The molecule has 0 amide bonds. The molecule has 230 valence electrons. The molecule has 2 unspecified atom stereocenters. The Morgan fingerprint density at radius 1 is 0.889 bits per heavy atom. The summed E-state index contributed by atoms with van der Waals surface area (Å²) < 4.78 is 25.0. The average Bonchev–Trinajstić information content (AvgIpc) is 3.03. The Hall–Kier alpha value is -5.31. The van der Waals surface area contributed by atoms with Crippen LogP contribution in [-0.4, -0.2) is 33.1 Å². The number of benzene rings is 3. The van der Waals surface area contributed by atoms with Gasteiger partial charge in [0.25, 0.3) is 0 Å². The van der Waals surface area contributed by atoms with E-state index in [4.69, 9.17) is 14.5 Å². The van der Waals surface area contributed by atoms with Crippen molar-refractivity contribution in [2.75, 3.05) is 12.4 Å². The summed E-state index contributed by atoms with van der Waals surface area (Å²) in [6.45, 7) is 6.22. The lowest BCUT2D eigenvalue weighted by molar-refractivity contribution is -0.146. The van der Waals surface area contributed by atoms with Crippen molar-refractivity contribution in [2.45, 2.75) is 33.2 Å². The van der Waals surface area contributed by atoms with E-state index in [9.17, 15) is 14.3 Å². The molecule has 0 fully saturated rings. The summed E-state index contributed by atoms with van der Waals surface area (Å²) in [6.07, 6.45) is 1.54. The number of carboxylic acids is 1. The molecule has 5 rings (SSSR count). The van der Waals surface area contributed by atoms with E-state index in [1.165, 1.54) is 12.1 Å². The quantitative estimate of drug-likeness (QED) is 0.156. The van der Waals surface area contributed by atoms with Gasteiger partial charge in [-0.2, -0.15) is 4.98 Å². The molecule has 0 aliphatic heterocycles. The molecule has 2 heterocycles. The Kier molecular flexibility index (Phi) is 9.37. The van der Waals surface area contributed by atoms with E-state index in [-0.39, 0.29) is 6.01 Å². The van der Waals surface area contributed by atoms with Gasteiger partial charge in [-0.1, -0.05) is 51.1 Å². The van der Waals surface area contributed by atoms with Crippen LogP contribution in [0.3, 0.4) is 0 Å². The summed E-state index contributed by atoms with van der Waals surface area (Å²) in [6, 6.07) is 28.7. The van der Waals surface area contributed by atoms with Gasteiger partial charge in [0.05, 0.1) is 24.4 Å². The van der Waals surface area contributed by atoms with Crippen molar-refractivity contribution < 1.29 is 23.8 Å². The number of ether oxygens (including phenoxy) is 2. The summed E-state index contributed by atoms with van der Waals surface area (Å²) in [7, 11) is 1.64. The van der Waals surface area contributed by atoms with E-state index in [1.54, 1.807) is 43.6 Å². The van der Waals surface area contributed by atoms with Crippen LogP contribution in [0.15, 0.2) is 103 Å². The van der Waals surface area contributed by atoms with E-state index >= 15 is 0 Å². The maximum Gasteiger partial charge on any atom is 0.322 e. The Morgan fingerprint density at radius 3 is 2.22 bits per heavy atom. The number of halogens is 1. The molecule has 3 aromatic carbocycles. The molecule has 2 aromatic heterocycles. The molecule has 5 aromatic rings. The number of carboxylic acid groups (broad SMARTS) is 1. The Labute approximate surface area is 262 Å². The highest BCUT2D eigenvalue weighted by molar-refractivity contribution is 5.73. The second kappa shape index (κ2) is 13.5. The molecule has 9 heteroatoms. The highest BCUT2D eigenvalue weighted by Crippen LogP contribution is 2.42. The predicted octanol–water partition coefficient (Wildman–Crippen LogP) is 7.97. The topological polar surface area (TPSA) is 106 Å². The number of hydrogen-bond acceptors (Lipinski definition) is 7. The number of aromatic nitrogens is 3. The van der Waals surface area contributed by atoms with E-state index in [1.807, 2.05) is 75.4 Å². The zero-order valence-electron chi connectivity index (χ0n) is 25.6. The minimum Gasteiger partial charge on any atom is -0.497 e. The van der Waals surface area contributed by atoms with Crippen molar-refractivity contribution in [3.8, 4) is 28.8 Å². The fourth-order valence-electron chi connectivity index (χ4n) is 5.22. The van der Waals surface area contributed by atoms with E-state index < -0.39 is 29.0 Å². The number of nitrogens with one attached hydrogen (secondary N) is 1. The van der Waals surface area contributed by atoms with Crippen LogP contribution in [0.1, 0.15) is 43.5 Å². The van der Waals surface area contributed by atoms with Crippen LogP contribution in [0.5, 0.6) is 17.5 Å². The monoisotopic (exact) mass is 606 g/mol. The Morgan fingerprint density at radius 2 is 1.58 bits per heavy atom. The zero-order valence-corrected chi connectivity index (χ0v) is 25.6. The van der Waals surface area contributed by atoms with Crippen molar-refractivity contribution in [3.05, 3.63) is 126 Å². The van der Waals surface area contributed by atoms with Crippen molar-refractivity contribution in [3.63, 3.8) is 0 Å². The van der Waals surface area contributed by atoms with Crippen molar-refractivity contribution in [2.24, 2.45) is 11.3 Å². The first-order valence-electron chi connectivity index (χ1n) is 14.5. The lowest BCUT2D eigenvalue weighted by Gasteiger charge is -2.34. The van der Waals surface area contributed by atoms with E-state index in [2.05, 4.69) is 15.3 Å². The molecule has 0 aliphatic carbocycles. The summed E-state index contributed by atoms with van der Waals surface area (Å²) in [5.74, 6) is -0.809. The highest BCUT2D eigenvalue weighted by atomic mass is 19.1. The van der Waals surface area contributed by atoms with Gasteiger partial charge in [0, 0.05) is 24.2 Å². The number of nitrogens with zero attached hydrogens (tertiary/aromatic N) is 3. The maximum absolute atomic E-state index is 13.8. The molecule has 0 bridgehead atoms. The first kappa shape index (κ1) is 31.1. The first-order valence-corrected chi connectivity index (χ1v) is 14.5. The van der Waals surface area contributed by atoms with E-state index in [0.717, 1.165) is 28.4 Å². The van der Waals surface area contributed by atoms with Gasteiger partial charge in [-0.15, -0.1) is 0 Å². The van der Waals surface area contributed by atoms with Gasteiger partial charge >= 0.3 is 12.0 Å². The van der Waals surface area contributed by atoms with Crippen LogP contribution >= 0.6 is 0 Å². The molecule has 0 aliphatic rings. The van der Waals surface area contributed by atoms with Crippen molar-refractivity contribution in [1.82, 2.24) is 15.0 Å². The number of aliphatic carboxylic acids is 1. The van der Waals surface area contributed by atoms with Crippen LogP contribution in [0.4, 0.5) is 10.2 Å². The standard InChI is InChI=1S/C36H35FN4O4/c1-36(2,3)33(34(42)43)32(25-10-14-26(37)15-11-25)30-20-21-38-35(41-30)45-28-18-12-24(13-19-28)29-6-5-7-31(40-29)39-22-23-8-16-27(44-4)17-9-23/h5-21,32-33H,22H2,1-4H3,(H,39,40)(H,42,43). The average molecular weight is 607 g/mol. The molecule has 8 nitrogen and oxygen atoms in total. The number of anilines is 1. The smallest absolute Gasteiger partial charge is 0.322 e. The third-order valence-corrected chi connectivity index (χ3v) is 7.48. The number of carbonyl (C=O) groups is 1. The molecular formula is C36H35FN4O4. The fraction of sp³-hybridized carbons (Fsp3) is 0.222. The summed E-state index contributed by atoms with van der Waals surface area (Å²) >= 11 is 0. The third-order valence-electron chi connectivity index (χ3n) is 7.48. The second-order valence-electron chi connectivity index (χ2n) is 11.7. The largest absolute Gasteiger partial charge is 0.497 e. The lowest BCUT2D eigenvalue weighted by atomic mass is 9.69. The fourth-order valence-corrected chi connectivity index (χ4v) is 5.22. The number of methoxy groups -OCH3 is 1. The molecule has 2 N–H and O–H groups in total. The number of hydrogen-bond donors (Lipinski definition) is 2. The second-order valence-corrected chi connectivity index (χ2v) is 11.7. The predicted molar refractivity (Wildman–Crippen MR) is 171 cm³/mol. The van der Waals surface area contributed by atoms with Crippen LogP contribution in [-0.2, 0) is 11.3 Å². The first-order chi connectivity index (χ1) is 21.6. The van der Waals surface area contributed by atoms with Crippen LogP contribution in [0.2, 0.25) is 0 Å². The van der Waals surface area contributed by atoms with Crippen LogP contribution < -0.4 is 14.8 Å². The lowest BCUT2D eigenvalue weighted by Crippen LogP contribution is -2.35. The number of pyridine rings is 1. The molecule has 0 spiro atoms. The number of rotatable bonds is 11. The Balaban J connectivity index is 1.33. The minimum absolute atomic E-state index is 0.0771.